The molecule has 0 radical (unpaired) electrons. The molecule has 3 fully saturated rings. The van der Waals surface area contributed by atoms with Crippen LogP contribution in [0.4, 0.5) is 0 Å². The largest absolute Gasteiger partial charge is 0.325 e. The maximum Gasteiger partial charge on any atom is 0.0131 e. The standard InChI is InChI=1S/C17H31N/c1-8(2)12-10-7-11-13(9(3)4)15(12)16(14(10)11)17(5,6)18/h8-16H,7,18H2,1-6H3. The molecule has 0 aromatic rings. The van der Waals surface area contributed by atoms with Crippen molar-refractivity contribution in [1.82, 2.24) is 0 Å². The molecule has 104 valence electrons. The molecule has 3 rings (SSSR count). The van der Waals surface area contributed by atoms with Crippen molar-refractivity contribution in [2.75, 3.05) is 0 Å². The Labute approximate surface area is 113 Å². The monoisotopic (exact) mass is 249 g/mol. The van der Waals surface area contributed by atoms with Crippen LogP contribution in [-0.2, 0) is 0 Å². The Kier molecular flexibility index (Phi) is 2.70. The van der Waals surface area contributed by atoms with Crippen molar-refractivity contribution in [3.63, 3.8) is 0 Å². The van der Waals surface area contributed by atoms with Crippen molar-refractivity contribution in [2.45, 2.75) is 53.5 Å². The van der Waals surface area contributed by atoms with E-state index in [0.29, 0.717) is 0 Å². The van der Waals surface area contributed by atoms with E-state index in [-0.39, 0.29) is 5.54 Å². The Hall–Kier alpha value is -0.0400. The molecule has 1 heteroatoms. The van der Waals surface area contributed by atoms with E-state index in [9.17, 15) is 0 Å². The third-order valence-electron chi connectivity index (χ3n) is 6.64. The summed E-state index contributed by atoms with van der Waals surface area (Å²) in [6.07, 6.45) is 1.51. The smallest absolute Gasteiger partial charge is 0.0131 e. The minimum atomic E-state index is 0.0273. The van der Waals surface area contributed by atoms with Gasteiger partial charge in [-0.25, -0.2) is 0 Å². The zero-order valence-electron chi connectivity index (χ0n) is 13.0. The molecular weight excluding hydrogens is 218 g/mol. The summed E-state index contributed by atoms with van der Waals surface area (Å²) < 4.78 is 0. The lowest BCUT2D eigenvalue weighted by atomic mass is 9.51. The van der Waals surface area contributed by atoms with Crippen LogP contribution >= 0.6 is 0 Å². The number of nitrogens with two attached hydrogens (primary N) is 1. The average Bonchev–Trinajstić information content (AvgIpc) is 2.60. The van der Waals surface area contributed by atoms with E-state index in [1.165, 1.54) is 6.42 Å². The fraction of sp³-hybridized carbons (Fsp3) is 1.00. The van der Waals surface area contributed by atoms with Crippen LogP contribution in [-0.4, -0.2) is 5.54 Å². The number of fused-ring (bicyclic) bond motifs is 1. The van der Waals surface area contributed by atoms with Gasteiger partial charge in [0, 0.05) is 5.54 Å². The summed E-state index contributed by atoms with van der Waals surface area (Å²) in [6, 6.07) is 0. The maximum absolute atomic E-state index is 6.57. The highest BCUT2D eigenvalue weighted by Gasteiger charge is 2.71. The second-order valence-corrected chi connectivity index (χ2v) is 8.71. The van der Waals surface area contributed by atoms with E-state index in [0.717, 1.165) is 53.3 Å². The van der Waals surface area contributed by atoms with Gasteiger partial charge in [0.25, 0.3) is 0 Å². The Bertz CT molecular complexity index is 316. The fourth-order valence-electron chi connectivity index (χ4n) is 6.54. The zero-order chi connectivity index (χ0) is 13.4. The molecule has 3 aliphatic rings. The van der Waals surface area contributed by atoms with Crippen LogP contribution in [0.15, 0.2) is 0 Å². The SMILES string of the molecule is CC(C)C1C2CC3C(C(C)C)C1C(C(C)(C)N)C23. The highest BCUT2D eigenvalue weighted by atomic mass is 14.8. The van der Waals surface area contributed by atoms with Gasteiger partial charge in [-0.1, -0.05) is 27.7 Å². The fourth-order valence-corrected chi connectivity index (χ4v) is 6.54. The summed E-state index contributed by atoms with van der Waals surface area (Å²) >= 11 is 0. The maximum atomic E-state index is 6.57. The van der Waals surface area contributed by atoms with Crippen molar-refractivity contribution in [3.8, 4) is 0 Å². The molecule has 2 N–H and O–H groups in total. The average molecular weight is 249 g/mol. The highest BCUT2D eigenvalue weighted by molar-refractivity contribution is 5.20. The van der Waals surface area contributed by atoms with E-state index in [1.807, 2.05) is 0 Å². The van der Waals surface area contributed by atoms with Crippen molar-refractivity contribution >= 4 is 0 Å². The lowest BCUT2D eigenvalue weighted by Gasteiger charge is -2.54. The third-order valence-corrected chi connectivity index (χ3v) is 6.64. The Morgan fingerprint density at radius 2 is 1.33 bits per heavy atom. The Morgan fingerprint density at radius 3 is 1.61 bits per heavy atom. The van der Waals surface area contributed by atoms with Gasteiger partial charge in [0.05, 0.1) is 0 Å². The lowest BCUT2D eigenvalue weighted by molar-refractivity contribution is -0.0574. The second kappa shape index (κ2) is 3.75. The molecule has 0 aliphatic heterocycles. The van der Waals surface area contributed by atoms with Crippen LogP contribution in [0.2, 0.25) is 0 Å². The van der Waals surface area contributed by atoms with E-state index >= 15 is 0 Å². The summed E-state index contributed by atoms with van der Waals surface area (Å²) in [5.74, 6) is 8.32. The molecule has 0 amide bonds. The number of rotatable bonds is 3. The van der Waals surface area contributed by atoms with E-state index in [4.69, 9.17) is 5.73 Å². The van der Waals surface area contributed by atoms with Crippen LogP contribution < -0.4 is 5.73 Å². The molecule has 18 heavy (non-hydrogen) atoms. The molecule has 1 nitrogen and oxygen atoms in total. The first kappa shape index (κ1) is 13.0. The molecule has 0 spiro atoms. The predicted octanol–water partition coefficient (Wildman–Crippen LogP) is 3.78. The minimum Gasteiger partial charge on any atom is -0.325 e. The quantitative estimate of drug-likeness (QED) is 0.809. The topological polar surface area (TPSA) is 26.0 Å². The van der Waals surface area contributed by atoms with Gasteiger partial charge in [-0.15, -0.1) is 0 Å². The van der Waals surface area contributed by atoms with E-state index < -0.39 is 0 Å². The van der Waals surface area contributed by atoms with E-state index in [1.54, 1.807) is 0 Å². The van der Waals surface area contributed by atoms with Gasteiger partial charge < -0.3 is 5.73 Å². The first-order chi connectivity index (χ1) is 8.25. The van der Waals surface area contributed by atoms with Crippen molar-refractivity contribution in [1.29, 1.82) is 0 Å². The Balaban J connectivity index is 1.98. The molecule has 2 bridgehead atoms. The van der Waals surface area contributed by atoms with Gasteiger partial charge in [0.2, 0.25) is 0 Å². The molecule has 5 unspecified atom stereocenters. The molecule has 0 aromatic carbocycles. The molecule has 3 saturated carbocycles. The minimum absolute atomic E-state index is 0.0273. The molecular formula is C17H31N. The third kappa shape index (κ3) is 1.43. The lowest BCUT2D eigenvalue weighted by Crippen LogP contribution is -2.48. The summed E-state index contributed by atoms with van der Waals surface area (Å²) in [4.78, 5) is 0. The second-order valence-electron chi connectivity index (χ2n) is 8.71. The highest BCUT2D eigenvalue weighted by Crippen LogP contribution is 2.75. The zero-order valence-corrected chi connectivity index (χ0v) is 13.0. The molecule has 5 atom stereocenters. The van der Waals surface area contributed by atoms with Crippen molar-refractivity contribution < 1.29 is 0 Å². The summed E-state index contributed by atoms with van der Waals surface area (Å²) in [6.45, 7) is 14.3. The Morgan fingerprint density at radius 1 is 0.889 bits per heavy atom. The van der Waals surface area contributed by atoms with Gasteiger partial charge >= 0.3 is 0 Å². The van der Waals surface area contributed by atoms with Gasteiger partial charge in [-0.2, -0.15) is 0 Å². The van der Waals surface area contributed by atoms with Crippen LogP contribution in [0.1, 0.15) is 48.0 Å². The van der Waals surface area contributed by atoms with Crippen LogP contribution in [0.3, 0.4) is 0 Å². The number of hydrogen-bond acceptors (Lipinski definition) is 1. The number of hydrogen-bond donors (Lipinski definition) is 1. The predicted molar refractivity (Wildman–Crippen MR) is 77.0 cm³/mol. The van der Waals surface area contributed by atoms with E-state index in [2.05, 4.69) is 41.5 Å². The van der Waals surface area contributed by atoms with Crippen molar-refractivity contribution in [2.24, 2.45) is 59.0 Å². The molecule has 0 saturated heterocycles. The summed E-state index contributed by atoms with van der Waals surface area (Å²) in [5, 5.41) is 0. The first-order valence-corrected chi connectivity index (χ1v) is 8.04. The van der Waals surface area contributed by atoms with Crippen LogP contribution in [0, 0.1) is 53.3 Å². The van der Waals surface area contributed by atoms with Gasteiger partial charge in [0.15, 0.2) is 0 Å². The molecule has 0 heterocycles. The van der Waals surface area contributed by atoms with Crippen LogP contribution in [0.5, 0.6) is 0 Å². The molecule has 3 aliphatic carbocycles. The normalized spacial score (nSPS) is 50.2. The summed E-state index contributed by atoms with van der Waals surface area (Å²) in [7, 11) is 0. The molecule has 0 aromatic heterocycles. The van der Waals surface area contributed by atoms with Gasteiger partial charge in [0.1, 0.15) is 0 Å². The van der Waals surface area contributed by atoms with Crippen LogP contribution in [0.25, 0.3) is 0 Å². The van der Waals surface area contributed by atoms with Crippen molar-refractivity contribution in [3.05, 3.63) is 0 Å². The van der Waals surface area contributed by atoms with Gasteiger partial charge in [-0.05, 0) is 73.5 Å². The first-order valence-electron chi connectivity index (χ1n) is 8.04. The van der Waals surface area contributed by atoms with Gasteiger partial charge in [-0.3, -0.25) is 0 Å². The summed E-state index contributed by atoms with van der Waals surface area (Å²) in [5.41, 5.74) is 6.60.